The highest BCUT2D eigenvalue weighted by Crippen LogP contribution is 2.24. The minimum Gasteiger partial charge on any atom is -0.492 e. The van der Waals surface area contributed by atoms with Crippen LogP contribution in [0.15, 0.2) is 22.7 Å². The van der Waals surface area contributed by atoms with Crippen LogP contribution in [0.5, 0.6) is 5.75 Å². The van der Waals surface area contributed by atoms with Gasteiger partial charge < -0.3 is 15.2 Å². The largest absolute Gasteiger partial charge is 0.492 e. The van der Waals surface area contributed by atoms with Crippen molar-refractivity contribution in [3.05, 3.63) is 28.2 Å². The van der Waals surface area contributed by atoms with Gasteiger partial charge in [0.05, 0.1) is 13.2 Å². The van der Waals surface area contributed by atoms with Crippen molar-refractivity contribution in [1.29, 1.82) is 0 Å². The lowest BCUT2D eigenvalue weighted by molar-refractivity contribution is 0.0322. The third-order valence-corrected chi connectivity index (χ3v) is 4.58. The summed E-state index contributed by atoms with van der Waals surface area (Å²) in [6.07, 6.45) is 1.85. The molecule has 1 aromatic carbocycles. The van der Waals surface area contributed by atoms with Crippen molar-refractivity contribution < 1.29 is 9.47 Å². The van der Waals surface area contributed by atoms with Crippen LogP contribution in [-0.4, -0.2) is 50.4 Å². The summed E-state index contributed by atoms with van der Waals surface area (Å²) in [5.41, 5.74) is 7.26. The van der Waals surface area contributed by atoms with Gasteiger partial charge in [-0.15, -0.1) is 0 Å². The van der Waals surface area contributed by atoms with Gasteiger partial charge in [-0.25, -0.2) is 0 Å². The first kappa shape index (κ1) is 16.7. The maximum Gasteiger partial charge on any atom is 0.119 e. The van der Waals surface area contributed by atoms with Gasteiger partial charge in [-0.3, -0.25) is 4.90 Å². The van der Waals surface area contributed by atoms with Gasteiger partial charge in [0.15, 0.2) is 0 Å². The molecular weight excluding hydrogens is 332 g/mol. The topological polar surface area (TPSA) is 47.7 Å². The number of halogens is 1. The SMILES string of the molecule is CCC(N)Cc1cc(OCCN2CCOCC2)ccc1Br. The zero-order valence-electron chi connectivity index (χ0n) is 12.7. The number of nitrogens with two attached hydrogens (primary N) is 1. The zero-order valence-corrected chi connectivity index (χ0v) is 14.3. The van der Waals surface area contributed by atoms with Gasteiger partial charge in [-0.05, 0) is 36.6 Å². The molecule has 1 heterocycles. The lowest BCUT2D eigenvalue weighted by atomic mass is 10.0. The fourth-order valence-electron chi connectivity index (χ4n) is 2.34. The van der Waals surface area contributed by atoms with E-state index >= 15 is 0 Å². The molecule has 0 saturated carbocycles. The third-order valence-electron chi connectivity index (χ3n) is 3.80. The number of hydrogen-bond donors (Lipinski definition) is 1. The summed E-state index contributed by atoms with van der Waals surface area (Å²) in [5.74, 6) is 0.921. The zero-order chi connectivity index (χ0) is 15.1. The summed E-state index contributed by atoms with van der Waals surface area (Å²) in [6, 6.07) is 6.34. The van der Waals surface area contributed by atoms with Crippen molar-refractivity contribution >= 4 is 15.9 Å². The van der Waals surface area contributed by atoms with Crippen molar-refractivity contribution in [2.75, 3.05) is 39.5 Å². The number of rotatable bonds is 7. The fourth-order valence-corrected chi connectivity index (χ4v) is 2.75. The van der Waals surface area contributed by atoms with Crippen molar-refractivity contribution in [1.82, 2.24) is 4.90 Å². The van der Waals surface area contributed by atoms with E-state index in [0.29, 0.717) is 6.61 Å². The maximum absolute atomic E-state index is 6.04. The van der Waals surface area contributed by atoms with E-state index in [4.69, 9.17) is 15.2 Å². The highest BCUT2D eigenvalue weighted by atomic mass is 79.9. The predicted octanol–water partition coefficient (Wildman–Crippen LogP) is 2.44. The van der Waals surface area contributed by atoms with E-state index in [9.17, 15) is 0 Å². The Morgan fingerprint density at radius 3 is 2.86 bits per heavy atom. The molecule has 1 aromatic rings. The van der Waals surface area contributed by atoms with Crippen molar-refractivity contribution in [3.8, 4) is 5.75 Å². The molecule has 1 saturated heterocycles. The van der Waals surface area contributed by atoms with Crippen LogP contribution in [0.2, 0.25) is 0 Å². The lowest BCUT2D eigenvalue weighted by Crippen LogP contribution is -2.38. The second kappa shape index (κ2) is 8.73. The van der Waals surface area contributed by atoms with Crippen LogP contribution in [0.1, 0.15) is 18.9 Å². The van der Waals surface area contributed by atoms with Crippen LogP contribution < -0.4 is 10.5 Å². The number of hydrogen-bond acceptors (Lipinski definition) is 4. The van der Waals surface area contributed by atoms with Crippen molar-refractivity contribution in [3.63, 3.8) is 0 Å². The average Bonchev–Trinajstić information content (AvgIpc) is 2.51. The third kappa shape index (κ3) is 5.58. The number of benzene rings is 1. The molecule has 21 heavy (non-hydrogen) atoms. The van der Waals surface area contributed by atoms with Crippen molar-refractivity contribution in [2.24, 2.45) is 5.73 Å². The number of ether oxygens (including phenoxy) is 2. The van der Waals surface area contributed by atoms with Gasteiger partial charge in [0, 0.05) is 30.1 Å². The molecule has 0 spiro atoms. The lowest BCUT2D eigenvalue weighted by Gasteiger charge is -2.26. The quantitative estimate of drug-likeness (QED) is 0.814. The second-order valence-corrected chi connectivity index (χ2v) is 6.28. The Kier molecular flexibility index (Phi) is 6.96. The fraction of sp³-hybridized carbons (Fsp3) is 0.625. The Labute approximate surface area is 135 Å². The second-order valence-electron chi connectivity index (χ2n) is 5.43. The molecule has 1 aliphatic heterocycles. The Morgan fingerprint density at radius 1 is 1.38 bits per heavy atom. The molecule has 1 fully saturated rings. The number of morpholine rings is 1. The molecule has 1 atom stereocenters. The van der Waals surface area contributed by atoms with E-state index in [0.717, 1.165) is 55.9 Å². The summed E-state index contributed by atoms with van der Waals surface area (Å²) in [6.45, 7) is 7.43. The molecule has 118 valence electrons. The average molecular weight is 357 g/mol. The molecule has 0 radical (unpaired) electrons. The van der Waals surface area contributed by atoms with E-state index in [2.05, 4.69) is 33.8 Å². The van der Waals surface area contributed by atoms with E-state index in [1.165, 1.54) is 5.56 Å². The van der Waals surface area contributed by atoms with E-state index in [1.807, 2.05) is 12.1 Å². The predicted molar refractivity (Wildman–Crippen MR) is 88.9 cm³/mol. The standard InChI is InChI=1S/C16H25BrN2O2/c1-2-14(18)11-13-12-15(3-4-16(13)17)21-10-7-19-5-8-20-9-6-19/h3-4,12,14H,2,5-11,18H2,1H3. The van der Waals surface area contributed by atoms with Gasteiger partial charge in [0.1, 0.15) is 12.4 Å². The Morgan fingerprint density at radius 2 is 2.14 bits per heavy atom. The van der Waals surface area contributed by atoms with Crippen LogP contribution in [0.25, 0.3) is 0 Å². The van der Waals surface area contributed by atoms with E-state index in [1.54, 1.807) is 0 Å². The van der Waals surface area contributed by atoms with Gasteiger partial charge in [0.2, 0.25) is 0 Å². The molecule has 4 nitrogen and oxygen atoms in total. The Hall–Kier alpha value is -0.620. The van der Waals surface area contributed by atoms with Crippen LogP contribution >= 0.6 is 15.9 Å². The summed E-state index contributed by atoms with van der Waals surface area (Å²) in [7, 11) is 0. The van der Waals surface area contributed by atoms with Gasteiger partial charge in [-0.1, -0.05) is 22.9 Å². The van der Waals surface area contributed by atoms with E-state index in [-0.39, 0.29) is 6.04 Å². The summed E-state index contributed by atoms with van der Waals surface area (Å²) >= 11 is 3.59. The molecule has 2 rings (SSSR count). The monoisotopic (exact) mass is 356 g/mol. The molecule has 0 amide bonds. The molecule has 1 unspecified atom stereocenters. The molecule has 0 aliphatic carbocycles. The molecular formula is C16H25BrN2O2. The smallest absolute Gasteiger partial charge is 0.119 e. The molecule has 1 aliphatic rings. The first-order valence-electron chi connectivity index (χ1n) is 7.66. The first-order valence-corrected chi connectivity index (χ1v) is 8.45. The first-order chi connectivity index (χ1) is 10.2. The Balaban J connectivity index is 1.83. The molecule has 0 aromatic heterocycles. The van der Waals surface area contributed by atoms with E-state index < -0.39 is 0 Å². The molecule has 2 N–H and O–H groups in total. The number of nitrogens with zero attached hydrogens (tertiary/aromatic N) is 1. The molecule has 5 heteroatoms. The van der Waals surface area contributed by atoms with Gasteiger partial charge >= 0.3 is 0 Å². The summed E-state index contributed by atoms with van der Waals surface area (Å²) in [4.78, 5) is 2.37. The van der Waals surface area contributed by atoms with Gasteiger partial charge in [-0.2, -0.15) is 0 Å². The highest BCUT2D eigenvalue weighted by molar-refractivity contribution is 9.10. The Bertz CT molecular complexity index is 436. The van der Waals surface area contributed by atoms with Crippen LogP contribution in [0, 0.1) is 0 Å². The minimum absolute atomic E-state index is 0.199. The highest BCUT2D eigenvalue weighted by Gasteiger charge is 2.10. The van der Waals surface area contributed by atoms with Crippen LogP contribution in [0.3, 0.4) is 0 Å². The summed E-state index contributed by atoms with van der Waals surface area (Å²) < 4.78 is 12.3. The molecule has 0 bridgehead atoms. The summed E-state index contributed by atoms with van der Waals surface area (Å²) in [5, 5.41) is 0. The van der Waals surface area contributed by atoms with Crippen LogP contribution in [-0.2, 0) is 11.2 Å². The van der Waals surface area contributed by atoms with Crippen LogP contribution in [0.4, 0.5) is 0 Å². The normalized spacial score (nSPS) is 17.7. The van der Waals surface area contributed by atoms with Crippen molar-refractivity contribution in [2.45, 2.75) is 25.8 Å². The van der Waals surface area contributed by atoms with Gasteiger partial charge in [0.25, 0.3) is 0 Å². The minimum atomic E-state index is 0.199. The maximum atomic E-state index is 6.04.